The molecule has 20 heavy (non-hydrogen) atoms. The van der Waals surface area contributed by atoms with E-state index < -0.39 is 0 Å². The number of rotatable bonds is 3. The monoisotopic (exact) mass is 280 g/mol. The van der Waals surface area contributed by atoms with E-state index in [4.69, 9.17) is 4.74 Å². The first-order valence-corrected chi connectivity index (χ1v) is 6.58. The highest BCUT2D eigenvalue weighted by Crippen LogP contribution is 2.17. The second kappa shape index (κ2) is 6.15. The highest BCUT2D eigenvalue weighted by Gasteiger charge is 2.26. The Kier molecular flexibility index (Phi) is 4.51. The highest BCUT2D eigenvalue weighted by molar-refractivity contribution is 5.91. The number of aromatic nitrogens is 2. The van der Waals surface area contributed by atoms with Gasteiger partial charge < -0.3 is 19.6 Å². The lowest BCUT2D eigenvalue weighted by Crippen LogP contribution is -2.48. The van der Waals surface area contributed by atoms with Crippen LogP contribution < -0.4 is 4.90 Å². The molecule has 1 amide bonds. The smallest absolute Gasteiger partial charge is 0.273 e. The number of aliphatic hydroxyl groups is 1. The third-order valence-electron chi connectivity index (χ3n) is 3.13. The van der Waals surface area contributed by atoms with Crippen molar-refractivity contribution in [1.82, 2.24) is 15.1 Å². The molecule has 0 aromatic carbocycles. The molecule has 7 heteroatoms. The third kappa shape index (κ3) is 3.23. The molecule has 2 atom stereocenters. The zero-order valence-corrected chi connectivity index (χ0v) is 12.0. The van der Waals surface area contributed by atoms with Gasteiger partial charge in [-0.25, -0.2) is 0 Å². The fourth-order valence-electron chi connectivity index (χ4n) is 2.17. The minimum Gasteiger partial charge on any atom is -0.394 e. The van der Waals surface area contributed by atoms with Crippen molar-refractivity contribution in [2.24, 2.45) is 0 Å². The lowest BCUT2D eigenvalue weighted by molar-refractivity contribution is -0.0423. The van der Waals surface area contributed by atoms with Gasteiger partial charge in [-0.2, -0.15) is 0 Å². The van der Waals surface area contributed by atoms with Crippen LogP contribution in [0.15, 0.2) is 12.1 Å². The lowest BCUT2D eigenvalue weighted by atomic mass is 10.2. The van der Waals surface area contributed by atoms with Crippen molar-refractivity contribution >= 4 is 11.7 Å². The van der Waals surface area contributed by atoms with E-state index in [0.717, 1.165) is 0 Å². The Morgan fingerprint density at radius 2 is 2.20 bits per heavy atom. The van der Waals surface area contributed by atoms with Gasteiger partial charge >= 0.3 is 0 Å². The van der Waals surface area contributed by atoms with Gasteiger partial charge in [0.15, 0.2) is 11.5 Å². The Balaban J connectivity index is 2.11. The summed E-state index contributed by atoms with van der Waals surface area (Å²) in [7, 11) is 3.35. The van der Waals surface area contributed by atoms with Crippen LogP contribution in [0.25, 0.3) is 0 Å². The Morgan fingerprint density at radius 3 is 2.75 bits per heavy atom. The molecule has 1 fully saturated rings. The second-order valence-electron chi connectivity index (χ2n) is 5.13. The standard InChI is InChI=1S/C13H20N4O3/c1-9-6-17(7-10(8-18)20-9)12-5-4-11(14-15-12)13(19)16(2)3/h4-5,9-10,18H,6-8H2,1-3H3. The van der Waals surface area contributed by atoms with Gasteiger partial charge in [0, 0.05) is 27.2 Å². The first-order chi connectivity index (χ1) is 9.51. The maximum atomic E-state index is 11.7. The highest BCUT2D eigenvalue weighted by atomic mass is 16.5. The minimum absolute atomic E-state index is 0.0192. The number of morpholine rings is 1. The van der Waals surface area contributed by atoms with Gasteiger partial charge in [-0.05, 0) is 19.1 Å². The van der Waals surface area contributed by atoms with Gasteiger partial charge in [-0.15, -0.1) is 10.2 Å². The van der Waals surface area contributed by atoms with Crippen LogP contribution in [0.5, 0.6) is 0 Å². The molecule has 1 N–H and O–H groups in total. The predicted octanol–water partition coefficient (Wildman–Crippen LogP) is -0.236. The number of aliphatic hydroxyl groups excluding tert-OH is 1. The van der Waals surface area contributed by atoms with Crippen molar-refractivity contribution in [2.75, 3.05) is 38.7 Å². The molecule has 0 spiro atoms. The number of hydrogen-bond acceptors (Lipinski definition) is 6. The fraction of sp³-hybridized carbons (Fsp3) is 0.615. The Labute approximate surface area is 118 Å². The molecule has 1 aromatic rings. The van der Waals surface area contributed by atoms with Gasteiger partial charge in [0.25, 0.3) is 5.91 Å². The summed E-state index contributed by atoms with van der Waals surface area (Å²) in [5.41, 5.74) is 0.318. The molecule has 1 aromatic heterocycles. The topological polar surface area (TPSA) is 78.8 Å². The number of carbonyl (C=O) groups excluding carboxylic acids is 1. The summed E-state index contributed by atoms with van der Waals surface area (Å²) in [5.74, 6) is 0.515. The van der Waals surface area contributed by atoms with E-state index >= 15 is 0 Å². The van der Waals surface area contributed by atoms with Crippen LogP contribution in [0.3, 0.4) is 0 Å². The summed E-state index contributed by atoms with van der Waals surface area (Å²) in [6.07, 6.45) is -0.200. The summed E-state index contributed by atoms with van der Waals surface area (Å²) >= 11 is 0. The first kappa shape index (κ1) is 14.7. The molecular weight excluding hydrogens is 260 g/mol. The van der Waals surface area contributed by atoms with Crippen molar-refractivity contribution in [3.63, 3.8) is 0 Å². The summed E-state index contributed by atoms with van der Waals surface area (Å²) in [6.45, 7) is 3.18. The lowest BCUT2D eigenvalue weighted by Gasteiger charge is -2.36. The Morgan fingerprint density at radius 1 is 1.45 bits per heavy atom. The van der Waals surface area contributed by atoms with Crippen LogP contribution in [0.4, 0.5) is 5.82 Å². The maximum Gasteiger partial charge on any atom is 0.273 e. The molecule has 0 bridgehead atoms. The summed E-state index contributed by atoms with van der Waals surface area (Å²) in [6, 6.07) is 3.44. The summed E-state index contributed by atoms with van der Waals surface area (Å²) in [4.78, 5) is 15.2. The first-order valence-electron chi connectivity index (χ1n) is 6.58. The fourth-order valence-corrected chi connectivity index (χ4v) is 2.17. The molecule has 1 saturated heterocycles. The van der Waals surface area contributed by atoms with Gasteiger partial charge in [0.05, 0.1) is 18.8 Å². The zero-order chi connectivity index (χ0) is 14.7. The molecule has 0 radical (unpaired) electrons. The quantitative estimate of drug-likeness (QED) is 0.823. The second-order valence-corrected chi connectivity index (χ2v) is 5.13. The number of carbonyl (C=O) groups is 1. The van der Waals surface area contributed by atoms with E-state index in [0.29, 0.717) is 24.6 Å². The van der Waals surface area contributed by atoms with Crippen LogP contribution in [0.1, 0.15) is 17.4 Å². The number of ether oxygens (including phenoxy) is 1. The Bertz CT molecular complexity index is 463. The predicted molar refractivity (Wildman–Crippen MR) is 73.7 cm³/mol. The molecule has 1 aliphatic rings. The molecule has 110 valence electrons. The average molecular weight is 280 g/mol. The maximum absolute atomic E-state index is 11.7. The number of amides is 1. The molecule has 0 aliphatic carbocycles. The van der Waals surface area contributed by atoms with E-state index in [-0.39, 0.29) is 24.7 Å². The van der Waals surface area contributed by atoms with E-state index in [1.165, 1.54) is 4.90 Å². The largest absolute Gasteiger partial charge is 0.394 e. The average Bonchev–Trinajstić information content (AvgIpc) is 2.45. The van der Waals surface area contributed by atoms with Crippen LogP contribution in [-0.2, 0) is 4.74 Å². The van der Waals surface area contributed by atoms with Crippen molar-refractivity contribution in [2.45, 2.75) is 19.1 Å². The molecular formula is C13H20N4O3. The summed E-state index contributed by atoms with van der Waals surface area (Å²) in [5, 5.41) is 17.3. The molecule has 2 unspecified atom stereocenters. The van der Waals surface area contributed by atoms with Crippen molar-refractivity contribution in [3.8, 4) is 0 Å². The molecule has 7 nitrogen and oxygen atoms in total. The van der Waals surface area contributed by atoms with Crippen molar-refractivity contribution < 1.29 is 14.6 Å². The van der Waals surface area contributed by atoms with E-state index in [1.807, 2.05) is 11.8 Å². The van der Waals surface area contributed by atoms with Crippen molar-refractivity contribution in [1.29, 1.82) is 0 Å². The van der Waals surface area contributed by atoms with Gasteiger partial charge in [-0.1, -0.05) is 0 Å². The number of anilines is 1. The normalized spacial score (nSPS) is 22.7. The van der Waals surface area contributed by atoms with E-state index in [2.05, 4.69) is 10.2 Å². The molecule has 2 heterocycles. The van der Waals surface area contributed by atoms with E-state index in [1.54, 1.807) is 26.2 Å². The molecule has 1 aliphatic heterocycles. The zero-order valence-electron chi connectivity index (χ0n) is 12.0. The van der Waals surface area contributed by atoms with Crippen LogP contribution >= 0.6 is 0 Å². The molecule has 2 rings (SSSR count). The van der Waals surface area contributed by atoms with Crippen LogP contribution in [0.2, 0.25) is 0 Å². The molecule has 0 saturated carbocycles. The van der Waals surface area contributed by atoms with Crippen LogP contribution in [-0.4, -0.2) is 72.1 Å². The van der Waals surface area contributed by atoms with Crippen LogP contribution in [0, 0.1) is 0 Å². The number of nitrogens with zero attached hydrogens (tertiary/aromatic N) is 4. The minimum atomic E-state index is -0.219. The SMILES string of the molecule is CC1CN(c2ccc(C(=O)N(C)C)nn2)CC(CO)O1. The third-order valence-corrected chi connectivity index (χ3v) is 3.13. The summed E-state index contributed by atoms with van der Waals surface area (Å²) < 4.78 is 5.58. The van der Waals surface area contributed by atoms with Gasteiger partial charge in [0.2, 0.25) is 0 Å². The Hall–Kier alpha value is -1.73. The van der Waals surface area contributed by atoms with Gasteiger partial charge in [0.1, 0.15) is 0 Å². The van der Waals surface area contributed by atoms with Gasteiger partial charge in [-0.3, -0.25) is 4.79 Å². The van der Waals surface area contributed by atoms with E-state index in [9.17, 15) is 9.90 Å². The number of hydrogen-bond donors (Lipinski definition) is 1. The van der Waals surface area contributed by atoms with Crippen molar-refractivity contribution in [3.05, 3.63) is 17.8 Å².